The standard InChI is InChI=1S/C8H8F3NO/c9-8(10,11)7-5(4-12)2-1-3-6(7)13/h1-3,13H,4,12H2. The van der Waals surface area contributed by atoms with Gasteiger partial charge in [0, 0.05) is 6.54 Å². The summed E-state index contributed by atoms with van der Waals surface area (Å²) in [6.07, 6.45) is -4.56. The Morgan fingerprint density at radius 2 is 1.92 bits per heavy atom. The van der Waals surface area contributed by atoms with Crippen LogP contribution in [0.2, 0.25) is 0 Å². The molecule has 0 aromatic heterocycles. The predicted molar refractivity (Wildman–Crippen MR) is 41.0 cm³/mol. The second kappa shape index (κ2) is 3.26. The summed E-state index contributed by atoms with van der Waals surface area (Å²) >= 11 is 0. The SMILES string of the molecule is NCc1cccc(O)c1C(F)(F)F. The molecule has 0 bridgehead atoms. The molecule has 0 heterocycles. The van der Waals surface area contributed by atoms with E-state index in [0.717, 1.165) is 6.07 Å². The van der Waals surface area contributed by atoms with Crippen molar-refractivity contribution in [3.8, 4) is 5.75 Å². The van der Waals surface area contributed by atoms with Crippen LogP contribution in [0.1, 0.15) is 11.1 Å². The number of rotatable bonds is 1. The molecule has 1 aromatic rings. The van der Waals surface area contributed by atoms with E-state index in [1.807, 2.05) is 0 Å². The van der Waals surface area contributed by atoms with Crippen molar-refractivity contribution in [1.29, 1.82) is 0 Å². The van der Waals surface area contributed by atoms with E-state index in [1.165, 1.54) is 12.1 Å². The number of hydrogen-bond donors (Lipinski definition) is 2. The molecule has 72 valence electrons. The summed E-state index contributed by atoms with van der Waals surface area (Å²) in [6.45, 7) is -0.247. The fraction of sp³-hybridized carbons (Fsp3) is 0.250. The molecular weight excluding hydrogens is 183 g/mol. The maximum atomic E-state index is 12.3. The Balaban J connectivity index is 3.32. The molecule has 0 aliphatic heterocycles. The van der Waals surface area contributed by atoms with Gasteiger partial charge in [0.2, 0.25) is 0 Å². The van der Waals surface area contributed by atoms with Crippen molar-refractivity contribution in [2.45, 2.75) is 12.7 Å². The highest BCUT2D eigenvalue weighted by atomic mass is 19.4. The summed E-state index contributed by atoms with van der Waals surface area (Å²) in [5.74, 6) is -0.782. The summed E-state index contributed by atoms with van der Waals surface area (Å²) in [5.41, 5.74) is 3.96. The molecular formula is C8H8F3NO. The zero-order valence-corrected chi connectivity index (χ0v) is 6.60. The lowest BCUT2D eigenvalue weighted by atomic mass is 10.1. The van der Waals surface area contributed by atoms with Crippen LogP contribution in [0.25, 0.3) is 0 Å². The van der Waals surface area contributed by atoms with Crippen LogP contribution in [0.4, 0.5) is 13.2 Å². The second-order valence-corrected chi connectivity index (χ2v) is 2.51. The van der Waals surface area contributed by atoms with Crippen LogP contribution in [0.15, 0.2) is 18.2 Å². The van der Waals surface area contributed by atoms with Gasteiger partial charge in [0.15, 0.2) is 0 Å². The molecule has 0 saturated heterocycles. The third kappa shape index (κ3) is 1.92. The summed E-state index contributed by atoms with van der Waals surface area (Å²) < 4.78 is 36.8. The van der Waals surface area contributed by atoms with Crippen LogP contribution in [0, 0.1) is 0 Å². The number of aromatic hydroxyl groups is 1. The van der Waals surface area contributed by atoms with Gasteiger partial charge >= 0.3 is 6.18 Å². The maximum absolute atomic E-state index is 12.3. The van der Waals surface area contributed by atoms with Crippen LogP contribution >= 0.6 is 0 Å². The first-order valence-corrected chi connectivity index (χ1v) is 3.55. The van der Waals surface area contributed by atoms with Gasteiger partial charge < -0.3 is 10.8 Å². The number of nitrogens with two attached hydrogens (primary N) is 1. The van der Waals surface area contributed by atoms with Crippen molar-refractivity contribution in [2.24, 2.45) is 5.73 Å². The molecule has 1 rings (SSSR count). The minimum Gasteiger partial charge on any atom is -0.507 e. The number of benzene rings is 1. The molecule has 0 aliphatic rings. The van der Waals surface area contributed by atoms with Gasteiger partial charge in [0.05, 0.1) is 0 Å². The minimum atomic E-state index is -4.56. The lowest BCUT2D eigenvalue weighted by Crippen LogP contribution is -2.11. The van der Waals surface area contributed by atoms with Gasteiger partial charge in [-0.2, -0.15) is 13.2 Å². The topological polar surface area (TPSA) is 46.2 Å². The molecule has 3 N–H and O–H groups in total. The van der Waals surface area contributed by atoms with Crippen molar-refractivity contribution in [3.63, 3.8) is 0 Å². The molecule has 5 heteroatoms. The smallest absolute Gasteiger partial charge is 0.420 e. The lowest BCUT2D eigenvalue weighted by molar-refractivity contribution is -0.139. The van der Waals surface area contributed by atoms with Crippen molar-refractivity contribution in [1.82, 2.24) is 0 Å². The van der Waals surface area contributed by atoms with Crippen molar-refractivity contribution in [2.75, 3.05) is 0 Å². The molecule has 0 saturated carbocycles. The Kier molecular flexibility index (Phi) is 2.47. The van der Waals surface area contributed by atoms with E-state index in [-0.39, 0.29) is 12.1 Å². The predicted octanol–water partition coefficient (Wildman–Crippen LogP) is 1.87. The van der Waals surface area contributed by atoms with Gasteiger partial charge in [-0.3, -0.25) is 0 Å². The van der Waals surface area contributed by atoms with E-state index in [1.54, 1.807) is 0 Å². The molecule has 0 amide bonds. The van der Waals surface area contributed by atoms with E-state index in [0.29, 0.717) is 0 Å². The van der Waals surface area contributed by atoms with Crippen molar-refractivity contribution < 1.29 is 18.3 Å². The third-order valence-electron chi connectivity index (χ3n) is 1.63. The molecule has 2 nitrogen and oxygen atoms in total. The van der Waals surface area contributed by atoms with Crippen LogP contribution in [0.5, 0.6) is 5.75 Å². The van der Waals surface area contributed by atoms with Crippen LogP contribution in [0.3, 0.4) is 0 Å². The monoisotopic (exact) mass is 191 g/mol. The molecule has 0 spiro atoms. The third-order valence-corrected chi connectivity index (χ3v) is 1.63. The highest BCUT2D eigenvalue weighted by Crippen LogP contribution is 2.37. The maximum Gasteiger partial charge on any atom is 0.420 e. The molecule has 0 unspecified atom stereocenters. The molecule has 1 aromatic carbocycles. The second-order valence-electron chi connectivity index (χ2n) is 2.51. The van der Waals surface area contributed by atoms with E-state index in [9.17, 15) is 13.2 Å². The zero-order chi connectivity index (χ0) is 10.1. The largest absolute Gasteiger partial charge is 0.507 e. The van der Waals surface area contributed by atoms with Gasteiger partial charge in [-0.25, -0.2) is 0 Å². The number of phenolic OH excluding ortho intramolecular Hbond substituents is 1. The summed E-state index contributed by atoms with van der Waals surface area (Å²) in [7, 11) is 0. The van der Waals surface area contributed by atoms with Crippen molar-refractivity contribution >= 4 is 0 Å². The number of phenols is 1. The Bertz CT molecular complexity index is 309. The zero-order valence-electron chi connectivity index (χ0n) is 6.60. The first-order chi connectivity index (χ1) is 5.96. The van der Waals surface area contributed by atoms with E-state index in [4.69, 9.17) is 10.8 Å². The molecule has 0 aliphatic carbocycles. The molecule has 0 radical (unpaired) electrons. The minimum absolute atomic E-state index is 0.104. The fourth-order valence-corrected chi connectivity index (χ4v) is 1.08. The number of hydrogen-bond acceptors (Lipinski definition) is 2. The van der Waals surface area contributed by atoms with E-state index < -0.39 is 17.5 Å². The molecule has 0 atom stereocenters. The van der Waals surface area contributed by atoms with Gasteiger partial charge in [-0.05, 0) is 11.6 Å². The first kappa shape index (κ1) is 9.85. The number of halogens is 3. The highest BCUT2D eigenvalue weighted by molar-refractivity contribution is 5.41. The average molecular weight is 191 g/mol. The first-order valence-electron chi connectivity index (χ1n) is 3.55. The highest BCUT2D eigenvalue weighted by Gasteiger charge is 2.35. The van der Waals surface area contributed by atoms with Gasteiger partial charge in [-0.15, -0.1) is 0 Å². The Hall–Kier alpha value is -1.23. The van der Waals surface area contributed by atoms with Crippen LogP contribution < -0.4 is 5.73 Å². The average Bonchev–Trinajstić information content (AvgIpc) is 2.01. The fourth-order valence-electron chi connectivity index (χ4n) is 1.08. The Morgan fingerprint density at radius 1 is 1.31 bits per heavy atom. The van der Waals surface area contributed by atoms with Gasteiger partial charge in [0.1, 0.15) is 11.3 Å². The summed E-state index contributed by atoms with van der Waals surface area (Å²) in [5, 5.41) is 8.98. The van der Waals surface area contributed by atoms with E-state index >= 15 is 0 Å². The van der Waals surface area contributed by atoms with Crippen LogP contribution in [-0.4, -0.2) is 5.11 Å². The Labute approximate surface area is 72.8 Å². The number of alkyl halides is 3. The van der Waals surface area contributed by atoms with E-state index in [2.05, 4.69) is 0 Å². The molecule has 13 heavy (non-hydrogen) atoms. The summed E-state index contributed by atoms with van der Waals surface area (Å²) in [6, 6.07) is 3.55. The van der Waals surface area contributed by atoms with Crippen LogP contribution in [-0.2, 0) is 12.7 Å². The summed E-state index contributed by atoms with van der Waals surface area (Å²) in [4.78, 5) is 0. The van der Waals surface area contributed by atoms with Crippen molar-refractivity contribution in [3.05, 3.63) is 29.3 Å². The van der Waals surface area contributed by atoms with Gasteiger partial charge in [0.25, 0.3) is 0 Å². The van der Waals surface area contributed by atoms with Gasteiger partial charge in [-0.1, -0.05) is 12.1 Å². The Morgan fingerprint density at radius 3 is 2.31 bits per heavy atom. The molecule has 0 fully saturated rings. The normalized spacial score (nSPS) is 11.7. The lowest BCUT2D eigenvalue weighted by Gasteiger charge is -2.12. The quantitative estimate of drug-likeness (QED) is 0.711.